The molecule has 1 atom stereocenters. The second kappa shape index (κ2) is 6.26. The first kappa shape index (κ1) is 13.4. The number of hydrogen-bond acceptors (Lipinski definition) is 6. The van der Waals surface area contributed by atoms with Crippen molar-refractivity contribution in [2.75, 3.05) is 19.5 Å². The number of ether oxygens (including phenoxy) is 2. The molecule has 2 N–H and O–H groups in total. The van der Waals surface area contributed by atoms with Gasteiger partial charge >= 0.3 is 0 Å². The molecule has 2 rings (SSSR count). The third-order valence-corrected chi connectivity index (χ3v) is 2.73. The average Bonchev–Trinajstić information content (AvgIpc) is 2.94. The molecule has 0 aliphatic heterocycles. The molecule has 0 amide bonds. The van der Waals surface area contributed by atoms with Crippen LogP contribution in [0.4, 0.5) is 5.69 Å². The Kier molecular flexibility index (Phi) is 4.43. The molecule has 2 aromatic rings. The fourth-order valence-electron chi connectivity index (χ4n) is 1.87. The first-order valence-corrected chi connectivity index (χ1v) is 5.90. The maximum absolute atomic E-state index is 5.21. The Morgan fingerprint density at radius 3 is 2.68 bits per heavy atom. The highest BCUT2D eigenvalue weighted by Gasteiger charge is 2.15. The highest BCUT2D eigenvalue weighted by molar-refractivity contribution is 5.61. The lowest BCUT2D eigenvalue weighted by Crippen LogP contribution is -2.33. The Bertz CT molecular complexity index is 499. The Balaban J connectivity index is 2.11. The summed E-state index contributed by atoms with van der Waals surface area (Å²) in [6.07, 6.45) is -0.311. The summed E-state index contributed by atoms with van der Waals surface area (Å²) in [5.74, 6) is 0.561. The maximum atomic E-state index is 5.21. The topological polar surface area (TPSA) is 85.0 Å². The van der Waals surface area contributed by atoms with E-state index in [2.05, 4.69) is 25.9 Å². The maximum Gasteiger partial charge on any atom is 0.204 e. The van der Waals surface area contributed by atoms with Crippen LogP contribution >= 0.6 is 0 Å². The third-order valence-electron chi connectivity index (χ3n) is 2.73. The van der Waals surface area contributed by atoms with E-state index in [1.54, 1.807) is 14.2 Å². The molecule has 1 heterocycles. The van der Waals surface area contributed by atoms with Crippen molar-refractivity contribution >= 4 is 5.69 Å². The summed E-state index contributed by atoms with van der Waals surface area (Å²) in [7, 11) is 3.23. The third kappa shape index (κ3) is 3.27. The van der Waals surface area contributed by atoms with Crippen molar-refractivity contribution < 1.29 is 9.47 Å². The molecule has 1 aromatic heterocycles. The summed E-state index contributed by atoms with van der Waals surface area (Å²) in [5, 5.41) is 17.2. The highest BCUT2D eigenvalue weighted by Crippen LogP contribution is 2.19. The van der Waals surface area contributed by atoms with E-state index in [4.69, 9.17) is 9.47 Å². The van der Waals surface area contributed by atoms with Gasteiger partial charge in [0.25, 0.3) is 0 Å². The van der Waals surface area contributed by atoms with Gasteiger partial charge in [0.15, 0.2) is 6.29 Å². The number of nitrogens with one attached hydrogen (secondary N) is 2. The van der Waals surface area contributed by atoms with Crippen LogP contribution in [0.5, 0.6) is 0 Å². The zero-order valence-corrected chi connectivity index (χ0v) is 11.1. The number of aromatic amines is 1. The number of tetrazole rings is 1. The van der Waals surface area contributed by atoms with E-state index in [1.807, 2.05) is 31.2 Å². The Hall–Kier alpha value is -1.99. The number of hydrogen-bond donors (Lipinski definition) is 2. The minimum atomic E-state index is -0.311. The SMILES string of the molecule is COC(OC)C(C)Nc1cccc(-c2nn[nH]n2)c1. The van der Waals surface area contributed by atoms with Crippen LogP contribution in [0.3, 0.4) is 0 Å². The van der Waals surface area contributed by atoms with Crippen LogP contribution in [0.25, 0.3) is 11.4 Å². The summed E-state index contributed by atoms with van der Waals surface area (Å²) < 4.78 is 10.4. The summed E-state index contributed by atoms with van der Waals surface area (Å²) in [6.45, 7) is 1.98. The molecule has 0 saturated carbocycles. The number of aromatic nitrogens is 4. The zero-order valence-electron chi connectivity index (χ0n) is 11.1. The van der Waals surface area contributed by atoms with Gasteiger partial charge in [-0.3, -0.25) is 0 Å². The van der Waals surface area contributed by atoms with Gasteiger partial charge in [-0.05, 0) is 24.3 Å². The first-order valence-electron chi connectivity index (χ1n) is 5.90. The molecule has 1 unspecified atom stereocenters. The lowest BCUT2D eigenvalue weighted by molar-refractivity contribution is -0.109. The molecule has 1 aromatic carbocycles. The van der Waals surface area contributed by atoms with Crippen molar-refractivity contribution in [1.29, 1.82) is 0 Å². The number of benzene rings is 1. The molecular formula is C12H17N5O2. The van der Waals surface area contributed by atoms with Gasteiger partial charge in [0.05, 0.1) is 6.04 Å². The largest absolute Gasteiger partial charge is 0.377 e. The molecule has 0 radical (unpaired) electrons. The van der Waals surface area contributed by atoms with E-state index >= 15 is 0 Å². The van der Waals surface area contributed by atoms with Gasteiger partial charge in [-0.25, -0.2) is 0 Å². The first-order chi connectivity index (χ1) is 9.24. The molecule has 0 bridgehead atoms. The summed E-state index contributed by atoms with van der Waals surface area (Å²) >= 11 is 0. The molecular weight excluding hydrogens is 246 g/mol. The molecule has 0 aliphatic carbocycles. The smallest absolute Gasteiger partial charge is 0.204 e. The molecule has 0 fully saturated rings. The molecule has 19 heavy (non-hydrogen) atoms. The number of methoxy groups -OCH3 is 2. The van der Waals surface area contributed by atoms with E-state index in [-0.39, 0.29) is 12.3 Å². The zero-order chi connectivity index (χ0) is 13.7. The fourth-order valence-corrected chi connectivity index (χ4v) is 1.87. The second-order valence-electron chi connectivity index (χ2n) is 4.09. The minimum absolute atomic E-state index is 0.00974. The predicted octanol–water partition coefficient (Wildman–Crippen LogP) is 1.29. The van der Waals surface area contributed by atoms with Crippen LogP contribution in [0.2, 0.25) is 0 Å². The Morgan fingerprint density at radius 1 is 1.26 bits per heavy atom. The van der Waals surface area contributed by atoms with Crippen LogP contribution in [0, 0.1) is 0 Å². The molecule has 7 nitrogen and oxygen atoms in total. The summed E-state index contributed by atoms with van der Waals surface area (Å²) in [6, 6.07) is 7.77. The summed E-state index contributed by atoms with van der Waals surface area (Å²) in [5.41, 5.74) is 1.83. The van der Waals surface area contributed by atoms with Gasteiger partial charge in [-0.1, -0.05) is 12.1 Å². The van der Waals surface area contributed by atoms with E-state index in [9.17, 15) is 0 Å². The summed E-state index contributed by atoms with van der Waals surface area (Å²) in [4.78, 5) is 0. The molecule has 7 heteroatoms. The van der Waals surface area contributed by atoms with Gasteiger partial charge in [-0.15, -0.1) is 10.2 Å². The molecule has 0 spiro atoms. The standard InChI is InChI=1S/C12H17N5O2/c1-8(12(18-2)19-3)13-10-6-4-5-9(7-10)11-14-16-17-15-11/h4-8,12-13H,1-3H3,(H,14,15,16,17). The Labute approximate surface area is 111 Å². The molecule has 0 aliphatic rings. The van der Waals surface area contributed by atoms with E-state index < -0.39 is 0 Å². The van der Waals surface area contributed by atoms with Crippen molar-refractivity contribution in [1.82, 2.24) is 20.6 Å². The van der Waals surface area contributed by atoms with Crippen LogP contribution in [-0.2, 0) is 9.47 Å². The Morgan fingerprint density at radius 2 is 2.05 bits per heavy atom. The van der Waals surface area contributed by atoms with Gasteiger partial charge in [-0.2, -0.15) is 5.21 Å². The average molecular weight is 263 g/mol. The van der Waals surface area contributed by atoms with Crippen molar-refractivity contribution in [3.05, 3.63) is 24.3 Å². The van der Waals surface area contributed by atoms with Crippen molar-refractivity contribution in [2.24, 2.45) is 0 Å². The number of anilines is 1. The molecule has 0 saturated heterocycles. The lowest BCUT2D eigenvalue weighted by atomic mass is 10.2. The van der Waals surface area contributed by atoms with Crippen molar-refractivity contribution in [3.8, 4) is 11.4 Å². The quantitative estimate of drug-likeness (QED) is 0.764. The molecule has 102 valence electrons. The van der Waals surface area contributed by atoms with Gasteiger partial charge < -0.3 is 14.8 Å². The van der Waals surface area contributed by atoms with E-state index in [1.165, 1.54) is 0 Å². The number of H-pyrrole nitrogens is 1. The van der Waals surface area contributed by atoms with E-state index in [0.717, 1.165) is 11.3 Å². The lowest BCUT2D eigenvalue weighted by Gasteiger charge is -2.23. The van der Waals surface area contributed by atoms with Crippen LogP contribution in [0.1, 0.15) is 6.92 Å². The van der Waals surface area contributed by atoms with Crippen molar-refractivity contribution in [2.45, 2.75) is 19.3 Å². The van der Waals surface area contributed by atoms with Crippen LogP contribution in [0.15, 0.2) is 24.3 Å². The number of rotatable bonds is 6. The van der Waals surface area contributed by atoms with Crippen LogP contribution < -0.4 is 5.32 Å². The van der Waals surface area contributed by atoms with E-state index in [0.29, 0.717) is 5.82 Å². The van der Waals surface area contributed by atoms with Crippen molar-refractivity contribution in [3.63, 3.8) is 0 Å². The highest BCUT2D eigenvalue weighted by atomic mass is 16.7. The minimum Gasteiger partial charge on any atom is -0.377 e. The van der Waals surface area contributed by atoms with Gasteiger partial charge in [0.1, 0.15) is 0 Å². The fraction of sp³-hybridized carbons (Fsp3) is 0.417. The predicted molar refractivity (Wildman–Crippen MR) is 70.5 cm³/mol. The van der Waals surface area contributed by atoms with Gasteiger partial charge in [0, 0.05) is 25.5 Å². The monoisotopic (exact) mass is 263 g/mol. The van der Waals surface area contributed by atoms with Gasteiger partial charge in [0.2, 0.25) is 5.82 Å². The van der Waals surface area contributed by atoms with Crippen LogP contribution in [-0.4, -0.2) is 47.2 Å². The normalized spacial score (nSPS) is 12.6. The second-order valence-corrected chi connectivity index (χ2v) is 4.09. The number of nitrogens with zero attached hydrogens (tertiary/aromatic N) is 3.